The molecule has 42 heavy (non-hydrogen) atoms. The van der Waals surface area contributed by atoms with Crippen molar-refractivity contribution in [3.63, 3.8) is 0 Å². The van der Waals surface area contributed by atoms with Crippen LogP contribution >= 0.6 is 0 Å². The first-order valence-corrected chi connectivity index (χ1v) is 15.3. The molecule has 224 valence electrons. The number of sulfonamides is 1. The van der Waals surface area contributed by atoms with E-state index >= 15 is 0 Å². The Morgan fingerprint density at radius 3 is 2.31 bits per heavy atom. The second-order valence-corrected chi connectivity index (χ2v) is 13.2. The fraction of sp³-hybridized carbons (Fsp3) is 0.419. The molecule has 3 aliphatic rings. The number of benzene rings is 3. The van der Waals surface area contributed by atoms with Gasteiger partial charge in [0.1, 0.15) is 30.5 Å². The van der Waals surface area contributed by atoms with Crippen LogP contribution in [-0.4, -0.2) is 72.1 Å². The summed E-state index contributed by atoms with van der Waals surface area (Å²) in [6.45, 7) is 5.37. The fourth-order valence-corrected chi connectivity index (χ4v) is 7.46. The van der Waals surface area contributed by atoms with Crippen LogP contribution in [-0.2, 0) is 37.4 Å². The van der Waals surface area contributed by atoms with Gasteiger partial charge in [-0.15, -0.1) is 0 Å². The van der Waals surface area contributed by atoms with E-state index in [4.69, 9.17) is 23.7 Å². The minimum Gasteiger partial charge on any atom is -0.454 e. The maximum absolute atomic E-state index is 14.4. The summed E-state index contributed by atoms with van der Waals surface area (Å²) in [6.07, 6.45) is -5.96. The van der Waals surface area contributed by atoms with Crippen molar-refractivity contribution in [2.75, 3.05) is 6.79 Å². The average Bonchev–Trinajstić information content (AvgIpc) is 3.57. The van der Waals surface area contributed by atoms with Crippen molar-refractivity contribution in [3.05, 3.63) is 89.5 Å². The molecule has 10 nitrogen and oxygen atoms in total. The molecular formula is C31H35NO9S. The lowest BCUT2D eigenvalue weighted by Gasteiger charge is -2.47. The van der Waals surface area contributed by atoms with Crippen molar-refractivity contribution in [1.82, 2.24) is 4.31 Å². The smallest absolute Gasteiger partial charge is 0.243 e. The first-order valence-electron chi connectivity index (χ1n) is 13.9. The Morgan fingerprint density at radius 2 is 1.57 bits per heavy atom. The van der Waals surface area contributed by atoms with Gasteiger partial charge in [-0.3, -0.25) is 0 Å². The second kappa shape index (κ2) is 11.2. The molecule has 2 fully saturated rings. The van der Waals surface area contributed by atoms with E-state index in [0.717, 1.165) is 16.7 Å². The molecule has 0 aromatic heterocycles. The molecule has 3 aromatic carbocycles. The van der Waals surface area contributed by atoms with Crippen LogP contribution in [0.4, 0.5) is 0 Å². The zero-order valence-corrected chi connectivity index (χ0v) is 24.4. The second-order valence-electron chi connectivity index (χ2n) is 11.3. The van der Waals surface area contributed by atoms with Gasteiger partial charge in [-0.2, -0.15) is 4.31 Å². The third kappa shape index (κ3) is 5.53. The Morgan fingerprint density at radius 1 is 0.881 bits per heavy atom. The predicted molar refractivity (Wildman–Crippen MR) is 151 cm³/mol. The number of hydrogen-bond donors (Lipinski definition) is 2. The normalized spacial score (nSPS) is 28.1. The van der Waals surface area contributed by atoms with Crippen molar-refractivity contribution >= 4 is 10.0 Å². The van der Waals surface area contributed by atoms with Gasteiger partial charge >= 0.3 is 0 Å². The molecule has 0 amide bonds. The highest BCUT2D eigenvalue weighted by Gasteiger charge is 2.61. The highest BCUT2D eigenvalue weighted by atomic mass is 32.2. The fourth-order valence-electron chi connectivity index (χ4n) is 5.83. The summed E-state index contributed by atoms with van der Waals surface area (Å²) in [5, 5.41) is 22.6. The maximum Gasteiger partial charge on any atom is 0.243 e. The molecule has 0 unspecified atom stereocenters. The van der Waals surface area contributed by atoms with Crippen LogP contribution in [0.1, 0.15) is 30.5 Å². The Balaban J connectivity index is 1.42. The largest absolute Gasteiger partial charge is 0.454 e. The van der Waals surface area contributed by atoms with Gasteiger partial charge in [0.15, 0.2) is 17.3 Å². The van der Waals surface area contributed by atoms with E-state index in [1.807, 2.05) is 37.3 Å². The summed E-state index contributed by atoms with van der Waals surface area (Å²) in [5.74, 6) is 0.0513. The first kappa shape index (κ1) is 29.1. The summed E-state index contributed by atoms with van der Waals surface area (Å²) in [7, 11) is -4.17. The molecule has 0 radical (unpaired) electrons. The van der Waals surface area contributed by atoms with Gasteiger partial charge < -0.3 is 33.9 Å². The van der Waals surface area contributed by atoms with Crippen LogP contribution in [0, 0.1) is 6.92 Å². The Hall–Kier alpha value is -3.03. The summed E-state index contributed by atoms with van der Waals surface area (Å²) in [6, 6.07) is 20.1. The van der Waals surface area contributed by atoms with Gasteiger partial charge in [-0.1, -0.05) is 54.1 Å². The number of nitrogens with zero attached hydrogens (tertiary/aromatic N) is 1. The summed E-state index contributed by atoms with van der Waals surface area (Å²) >= 11 is 0. The molecular weight excluding hydrogens is 562 g/mol. The molecule has 11 heteroatoms. The van der Waals surface area contributed by atoms with Crippen LogP contribution in [0.5, 0.6) is 11.5 Å². The van der Waals surface area contributed by atoms with Crippen LogP contribution in [0.15, 0.2) is 77.7 Å². The van der Waals surface area contributed by atoms with E-state index in [9.17, 15) is 18.6 Å². The monoisotopic (exact) mass is 597 g/mol. The molecule has 1 aliphatic carbocycles. The molecule has 0 bridgehead atoms. The van der Waals surface area contributed by atoms with Crippen molar-refractivity contribution in [1.29, 1.82) is 0 Å². The molecule has 0 spiro atoms. The number of ether oxygens (including phenoxy) is 5. The van der Waals surface area contributed by atoms with Crippen LogP contribution in [0.25, 0.3) is 0 Å². The Bertz CT molecular complexity index is 1510. The Labute approximate surface area is 245 Å². The number of aliphatic hydroxyl groups is 2. The molecule has 1 saturated heterocycles. The lowest BCUT2D eigenvalue weighted by atomic mass is 9.82. The molecule has 2 aliphatic heterocycles. The number of aryl methyl sites for hydroxylation is 1. The zero-order valence-electron chi connectivity index (χ0n) is 23.6. The van der Waals surface area contributed by atoms with Crippen LogP contribution < -0.4 is 9.47 Å². The Kier molecular flexibility index (Phi) is 7.77. The van der Waals surface area contributed by atoms with E-state index in [1.165, 1.54) is 4.31 Å². The van der Waals surface area contributed by atoms with E-state index in [-0.39, 0.29) is 24.8 Å². The molecule has 2 heterocycles. The summed E-state index contributed by atoms with van der Waals surface area (Å²) in [5.41, 5.74) is 2.37. The molecule has 6 rings (SSSR count). The van der Waals surface area contributed by atoms with Gasteiger partial charge in [-0.05, 0) is 56.2 Å². The minimum atomic E-state index is -4.17. The third-order valence-corrected chi connectivity index (χ3v) is 9.74. The lowest BCUT2D eigenvalue weighted by Crippen LogP contribution is -2.68. The number of rotatable bonds is 8. The van der Waals surface area contributed by atoms with Crippen LogP contribution in [0.3, 0.4) is 0 Å². The van der Waals surface area contributed by atoms with Crippen molar-refractivity contribution < 1.29 is 42.3 Å². The van der Waals surface area contributed by atoms with Crippen molar-refractivity contribution in [2.24, 2.45) is 0 Å². The van der Waals surface area contributed by atoms with Gasteiger partial charge in [0.2, 0.25) is 16.8 Å². The van der Waals surface area contributed by atoms with Gasteiger partial charge in [0, 0.05) is 6.54 Å². The minimum absolute atomic E-state index is 0.00692. The molecule has 6 atom stereocenters. The van der Waals surface area contributed by atoms with Crippen molar-refractivity contribution in [3.8, 4) is 11.5 Å². The maximum atomic E-state index is 14.4. The summed E-state index contributed by atoms with van der Waals surface area (Å²) in [4.78, 5) is 0.0916. The van der Waals surface area contributed by atoms with E-state index in [1.54, 1.807) is 56.3 Å². The van der Waals surface area contributed by atoms with Gasteiger partial charge in [-0.25, -0.2) is 8.42 Å². The molecule has 1 saturated carbocycles. The van der Waals surface area contributed by atoms with Crippen LogP contribution in [0.2, 0.25) is 0 Å². The SMILES string of the molecule is Cc1ccc(S(=O)(=O)N(Cc2ccccc2)[C@H]2[C@@H]3OC(C)(C)O[C@@H]3[C@@H](O)[C@@H](O)[C@@H]2OCc2ccc3c(c2)OCO3)cc1. The first-order chi connectivity index (χ1) is 20.0. The van der Waals surface area contributed by atoms with E-state index in [0.29, 0.717) is 11.5 Å². The zero-order chi connectivity index (χ0) is 29.6. The number of fused-ring (bicyclic) bond motifs is 2. The molecule has 2 N–H and O–H groups in total. The van der Waals surface area contributed by atoms with Gasteiger partial charge in [0.05, 0.1) is 17.5 Å². The highest BCUT2D eigenvalue weighted by molar-refractivity contribution is 7.89. The third-order valence-electron chi connectivity index (χ3n) is 7.88. The molecule has 3 aromatic rings. The lowest BCUT2D eigenvalue weighted by molar-refractivity contribution is -0.189. The highest BCUT2D eigenvalue weighted by Crippen LogP contribution is 2.42. The number of aliphatic hydroxyl groups excluding tert-OH is 2. The predicted octanol–water partition coefficient (Wildman–Crippen LogP) is 3.12. The van der Waals surface area contributed by atoms with Gasteiger partial charge in [0.25, 0.3) is 0 Å². The summed E-state index contributed by atoms with van der Waals surface area (Å²) < 4.78 is 59.7. The topological polar surface area (TPSA) is 124 Å². The average molecular weight is 598 g/mol. The number of hydrogen-bond acceptors (Lipinski definition) is 9. The quantitative estimate of drug-likeness (QED) is 0.403. The van der Waals surface area contributed by atoms with E-state index in [2.05, 4.69) is 0 Å². The standard InChI is InChI=1S/C31H35NO9S/c1-19-9-12-22(13-10-19)42(35,36)32(16-20-7-5-4-6-8-20)25-28(26(33)27(34)30-29(25)40-31(2,3)41-30)37-17-21-11-14-23-24(15-21)39-18-38-23/h4-15,25-30,33-34H,16-18H2,1-3H3/t25-,26-,27+,28-,29+,30-/m1/s1. The van der Waals surface area contributed by atoms with Crippen molar-refractivity contribution in [2.45, 2.75) is 81.2 Å². The van der Waals surface area contributed by atoms with E-state index < -0.39 is 52.4 Å².